The van der Waals surface area contributed by atoms with Crippen LogP contribution < -0.4 is 24.8 Å². The summed E-state index contributed by atoms with van der Waals surface area (Å²) in [5, 5.41) is 5.79. The number of hydrogen-bond donors (Lipinski definition) is 2. The Labute approximate surface area is 228 Å². The van der Waals surface area contributed by atoms with E-state index >= 15 is 0 Å². The summed E-state index contributed by atoms with van der Waals surface area (Å²) in [6, 6.07) is 12.6. The summed E-state index contributed by atoms with van der Waals surface area (Å²) in [5.74, 6) is 1.88. The molecule has 2 N–H and O–H groups in total. The molecule has 208 valence electrons. The Kier molecular flexibility index (Phi) is 8.23. The minimum atomic E-state index is -0.617. The first-order valence-corrected chi connectivity index (χ1v) is 13.5. The van der Waals surface area contributed by atoms with Crippen molar-refractivity contribution < 1.29 is 28.5 Å². The summed E-state index contributed by atoms with van der Waals surface area (Å²) in [6.07, 6.45) is 0.0495. The van der Waals surface area contributed by atoms with Crippen molar-refractivity contribution in [3.05, 3.63) is 64.9 Å². The molecule has 3 heterocycles. The predicted octanol–water partition coefficient (Wildman–Crippen LogP) is 3.19. The molecule has 10 heteroatoms. The Bertz CT molecular complexity index is 1220. The number of esters is 1. The van der Waals surface area contributed by atoms with Crippen molar-refractivity contribution >= 4 is 12.0 Å². The highest BCUT2D eigenvalue weighted by molar-refractivity contribution is 5.95. The first-order chi connectivity index (χ1) is 18.9. The molecule has 0 radical (unpaired) electrons. The second-order valence-electron chi connectivity index (χ2n) is 10.1. The lowest BCUT2D eigenvalue weighted by Gasteiger charge is -2.37. The van der Waals surface area contributed by atoms with Gasteiger partial charge in [-0.1, -0.05) is 18.2 Å². The van der Waals surface area contributed by atoms with Crippen LogP contribution in [0.3, 0.4) is 0 Å². The van der Waals surface area contributed by atoms with Crippen molar-refractivity contribution in [1.82, 2.24) is 20.4 Å². The number of piperazine rings is 1. The number of urea groups is 1. The molecule has 2 aromatic carbocycles. The molecule has 0 saturated carbocycles. The Morgan fingerprint density at radius 2 is 1.69 bits per heavy atom. The van der Waals surface area contributed by atoms with E-state index in [1.54, 1.807) is 6.92 Å². The average molecular weight is 537 g/mol. The molecule has 0 unspecified atom stereocenters. The first-order valence-electron chi connectivity index (χ1n) is 13.5. The van der Waals surface area contributed by atoms with Crippen LogP contribution in [0.1, 0.15) is 37.9 Å². The lowest BCUT2D eigenvalue weighted by Crippen LogP contribution is -2.51. The van der Waals surface area contributed by atoms with Crippen LogP contribution in [0.5, 0.6) is 17.2 Å². The summed E-state index contributed by atoms with van der Waals surface area (Å²) >= 11 is 0. The molecule has 5 rings (SSSR count). The molecule has 0 aromatic heterocycles. The highest BCUT2D eigenvalue weighted by Crippen LogP contribution is 2.33. The largest absolute Gasteiger partial charge is 0.491 e. The van der Waals surface area contributed by atoms with E-state index < -0.39 is 12.0 Å². The SMILES string of the molecule is CCOC(=O)C1=C(CN2CCN(Cc3ccc4c(c3)OCO4)CC2)NC(=O)N[C@@H]1c1ccc(OC(C)C)cc1. The van der Waals surface area contributed by atoms with Gasteiger partial charge in [-0.2, -0.15) is 0 Å². The third-order valence-corrected chi connectivity index (χ3v) is 6.92. The molecule has 1 atom stereocenters. The standard InChI is InChI=1S/C29H36N4O6/c1-4-36-28(34)26-23(30-29(35)31-27(26)21-6-8-22(9-7-21)39-19(2)3)17-33-13-11-32(12-14-33)16-20-5-10-24-25(15-20)38-18-37-24/h5-10,15,19,27H,4,11-14,16-18H2,1-3H3,(H2,30,31,35)/t27-/m1/s1. The number of nitrogens with one attached hydrogen (secondary N) is 2. The number of carbonyl (C=O) groups excluding carboxylic acids is 2. The number of hydrogen-bond acceptors (Lipinski definition) is 8. The zero-order valence-electron chi connectivity index (χ0n) is 22.7. The van der Waals surface area contributed by atoms with Gasteiger partial charge >= 0.3 is 12.0 Å². The number of rotatable bonds is 9. The minimum Gasteiger partial charge on any atom is -0.491 e. The summed E-state index contributed by atoms with van der Waals surface area (Å²) in [6.45, 7) is 10.8. The van der Waals surface area contributed by atoms with E-state index in [9.17, 15) is 9.59 Å². The maximum absolute atomic E-state index is 13.1. The highest BCUT2D eigenvalue weighted by Gasteiger charge is 2.34. The third kappa shape index (κ3) is 6.46. The van der Waals surface area contributed by atoms with Crippen LogP contribution in [0.15, 0.2) is 53.7 Å². The van der Waals surface area contributed by atoms with Crippen LogP contribution in [0.25, 0.3) is 0 Å². The number of ether oxygens (including phenoxy) is 4. The molecule has 39 heavy (non-hydrogen) atoms. The van der Waals surface area contributed by atoms with E-state index in [1.807, 2.05) is 50.2 Å². The number of benzene rings is 2. The van der Waals surface area contributed by atoms with Crippen LogP contribution in [0, 0.1) is 0 Å². The van der Waals surface area contributed by atoms with Gasteiger partial charge in [0, 0.05) is 45.0 Å². The topological polar surface area (TPSA) is 102 Å². The maximum atomic E-state index is 13.1. The fourth-order valence-corrected chi connectivity index (χ4v) is 5.08. The molecule has 1 fully saturated rings. The smallest absolute Gasteiger partial charge is 0.338 e. The van der Waals surface area contributed by atoms with Gasteiger partial charge < -0.3 is 29.6 Å². The quantitative estimate of drug-likeness (QED) is 0.472. The minimum absolute atomic E-state index is 0.0495. The molecule has 1 saturated heterocycles. The molecule has 2 aromatic rings. The van der Waals surface area contributed by atoms with Crippen molar-refractivity contribution in [2.24, 2.45) is 0 Å². The molecular weight excluding hydrogens is 500 g/mol. The summed E-state index contributed by atoms with van der Waals surface area (Å²) in [7, 11) is 0. The van der Waals surface area contributed by atoms with Gasteiger partial charge in [-0.25, -0.2) is 9.59 Å². The molecule has 0 spiro atoms. The van der Waals surface area contributed by atoms with Crippen molar-refractivity contribution in [3.63, 3.8) is 0 Å². The van der Waals surface area contributed by atoms with Gasteiger partial charge in [0.15, 0.2) is 11.5 Å². The molecule has 0 bridgehead atoms. The van der Waals surface area contributed by atoms with Crippen LogP contribution in [-0.2, 0) is 16.1 Å². The predicted molar refractivity (Wildman–Crippen MR) is 145 cm³/mol. The van der Waals surface area contributed by atoms with Crippen LogP contribution in [0.4, 0.5) is 4.79 Å². The average Bonchev–Trinajstić information content (AvgIpc) is 3.38. The Balaban J connectivity index is 1.28. The van der Waals surface area contributed by atoms with Gasteiger partial charge in [-0.15, -0.1) is 0 Å². The maximum Gasteiger partial charge on any atom is 0.338 e. The normalized spacial score (nSPS) is 19.6. The van der Waals surface area contributed by atoms with Crippen LogP contribution >= 0.6 is 0 Å². The lowest BCUT2D eigenvalue weighted by atomic mass is 9.94. The Hall–Kier alpha value is -3.76. The summed E-state index contributed by atoms with van der Waals surface area (Å²) in [5.41, 5.74) is 2.97. The third-order valence-electron chi connectivity index (χ3n) is 6.92. The molecule has 0 aliphatic carbocycles. The fourth-order valence-electron chi connectivity index (χ4n) is 5.08. The second-order valence-corrected chi connectivity index (χ2v) is 10.1. The Morgan fingerprint density at radius 1 is 1.00 bits per heavy atom. The molecule has 3 aliphatic heterocycles. The highest BCUT2D eigenvalue weighted by atomic mass is 16.7. The number of nitrogens with zero attached hydrogens (tertiary/aromatic N) is 2. The van der Waals surface area contributed by atoms with Crippen molar-refractivity contribution in [3.8, 4) is 17.2 Å². The first kappa shape index (κ1) is 26.8. The summed E-state index contributed by atoms with van der Waals surface area (Å²) in [4.78, 5) is 30.5. The second kappa shape index (κ2) is 12.0. The van der Waals surface area contributed by atoms with Crippen molar-refractivity contribution in [2.45, 2.75) is 39.5 Å². The van der Waals surface area contributed by atoms with Gasteiger partial charge in [0.05, 0.1) is 24.3 Å². The number of carbonyl (C=O) groups is 2. The van der Waals surface area contributed by atoms with E-state index in [2.05, 4.69) is 26.5 Å². The van der Waals surface area contributed by atoms with Crippen LogP contribution in [-0.4, -0.2) is 74.0 Å². The van der Waals surface area contributed by atoms with Crippen LogP contribution in [0.2, 0.25) is 0 Å². The molecule has 3 aliphatic rings. The Morgan fingerprint density at radius 3 is 2.38 bits per heavy atom. The molecule has 10 nitrogen and oxygen atoms in total. The van der Waals surface area contributed by atoms with Gasteiger partial charge in [0.25, 0.3) is 0 Å². The zero-order chi connectivity index (χ0) is 27.4. The molecule has 2 amide bonds. The van der Waals surface area contributed by atoms with Gasteiger partial charge in [0.1, 0.15) is 5.75 Å². The lowest BCUT2D eigenvalue weighted by molar-refractivity contribution is -0.139. The molecular formula is C29H36N4O6. The van der Waals surface area contributed by atoms with E-state index in [1.165, 1.54) is 5.56 Å². The van der Waals surface area contributed by atoms with E-state index in [0.29, 0.717) is 17.8 Å². The van der Waals surface area contributed by atoms with E-state index in [0.717, 1.165) is 55.5 Å². The monoisotopic (exact) mass is 536 g/mol. The number of fused-ring (bicyclic) bond motifs is 1. The van der Waals surface area contributed by atoms with Crippen molar-refractivity contribution in [2.75, 3.05) is 46.1 Å². The van der Waals surface area contributed by atoms with E-state index in [-0.39, 0.29) is 25.5 Å². The summed E-state index contributed by atoms with van der Waals surface area (Å²) < 4.78 is 22.1. The van der Waals surface area contributed by atoms with Gasteiger partial charge in [-0.3, -0.25) is 9.80 Å². The fraction of sp³-hybridized carbons (Fsp3) is 0.448. The zero-order valence-corrected chi connectivity index (χ0v) is 22.7. The van der Waals surface area contributed by atoms with Gasteiger partial charge in [0.2, 0.25) is 6.79 Å². The van der Waals surface area contributed by atoms with Gasteiger partial charge in [-0.05, 0) is 56.2 Å². The van der Waals surface area contributed by atoms with Crippen molar-refractivity contribution in [1.29, 1.82) is 0 Å². The number of amides is 2. The van der Waals surface area contributed by atoms with E-state index in [4.69, 9.17) is 18.9 Å².